The molecule has 0 saturated carbocycles. The molecule has 3 nitrogen and oxygen atoms in total. The Morgan fingerprint density at radius 1 is 1.53 bits per heavy atom. The Morgan fingerprint density at radius 3 is 2.71 bits per heavy atom. The Morgan fingerprint density at radius 2 is 2.18 bits per heavy atom. The maximum absolute atomic E-state index is 12.0. The molecule has 1 aromatic rings. The maximum Gasteiger partial charge on any atom is 0.227 e. The van der Waals surface area contributed by atoms with Crippen LogP contribution in [0.1, 0.15) is 32.4 Å². The van der Waals surface area contributed by atoms with E-state index in [4.69, 9.17) is 5.73 Å². The Bertz CT molecular complexity index is 404. The molecule has 0 aliphatic heterocycles. The quantitative estimate of drug-likeness (QED) is 0.898. The molecule has 0 heterocycles. The molecule has 1 atom stereocenters. The maximum atomic E-state index is 12.0. The van der Waals surface area contributed by atoms with Crippen LogP contribution in [-0.2, 0) is 4.79 Å². The number of nitrogens with one attached hydrogen (secondary N) is 1. The van der Waals surface area contributed by atoms with Crippen LogP contribution in [0.4, 0.5) is 0 Å². The molecule has 0 bridgehead atoms. The minimum absolute atomic E-state index is 0.0209. The van der Waals surface area contributed by atoms with Gasteiger partial charge in [-0.05, 0) is 38.5 Å². The van der Waals surface area contributed by atoms with E-state index >= 15 is 0 Å². The first-order valence-electron chi connectivity index (χ1n) is 5.63. The smallest absolute Gasteiger partial charge is 0.227 e. The van der Waals surface area contributed by atoms with Gasteiger partial charge in [0.1, 0.15) is 0 Å². The minimum Gasteiger partial charge on any atom is -0.349 e. The van der Waals surface area contributed by atoms with E-state index in [9.17, 15) is 4.79 Å². The van der Waals surface area contributed by atoms with Crippen molar-refractivity contribution in [2.45, 2.75) is 26.8 Å². The predicted molar refractivity (Wildman–Crippen MR) is 73.5 cm³/mol. The molecule has 0 aliphatic carbocycles. The normalized spacial score (nSPS) is 13.2. The average molecular weight is 299 g/mol. The highest BCUT2D eigenvalue weighted by molar-refractivity contribution is 9.10. The zero-order valence-electron chi connectivity index (χ0n) is 10.5. The van der Waals surface area contributed by atoms with Crippen molar-refractivity contribution in [3.8, 4) is 0 Å². The molecule has 1 aromatic carbocycles. The first-order valence-corrected chi connectivity index (χ1v) is 6.42. The largest absolute Gasteiger partial charge is 0.349 e. The highest BCUT2D eigenvalue weighted by Gasteiger charge is 2.26. The monoisotopic (exact) mass is 298 g/mol. The second-order valence-corrected chi connectivity index (χ2v) is 5.75. The number of halogens is 1. The van der Waals surface area contributed by atoms with Gasteiger partial charge in [-0.25, -0.2) is 0 Å². The number of hydrogen-bond acceptors (Lipinski definition) is 2. The summed E-state index contributed by atoms with van der Waals surface area (Å²) in [5.74, 6) is -0.0209. The van der Waals surface area contributed by atoms with Crippen LogP contribution in [0.25, 0.3) is 0 Å². The third kappa shape index (κ3) is 3.82. The second-order valence-electron chi connectivity index (χ2n) is 4.84. The molecular weight excluding hydrogens is 280 g/mol. The third-order valence-electron chi connectivity index (χ3n) is 2.82. The lowest BCUT2D eigenvalue weighted by Crippen LogP contribution is -2.42. The molecule has 0 fully saturated rings. The molecule has 1 amide bonds. The van der Waals surface area contributed by atoms with Crippen molar-refractivity contribution in [3.05, 3.63) is 34.3 Å². The molecule has 0 aromatic heterocycles. The van der Waals surface area contributed by atoms with Crippen LogP contribution in [0.15, 0.2) is 28.7 Å². The molecule has 0 aliphatic rings. The van der Waals surface area contributed by atoms with E-state index in [1.165, 1.54) is 0 Å². The third-order valence-corrected chi connectivity index (χ3v) is 3.31. The van der Waals surface area contributed by atoms with Crippen LogP contribution in [-0.4, -0.2) is 12.5 Å². The molecule has 1 rings (SSSR count). The second kappa shape index (κ2) is 5.65. The summed E-state index contributed by atoms with van der Waals surface area (Å²) >= 11 is 3.42. The lowest BCUT2D eigenvalue weighted by atomic mass is 9.92. The first-order chi connectivity index (χ1) is 7.86. The van der Waals surface area contributed by atoms with Crippen LogP contribution in [0, 0.1) is 5.41 Å². The minimum atomic E-state index is -0.528. The number of hydrogen-bond donors (Lipinski definition) is 2. The summed E-state index contributed by atoms with van der Waals surface area (Å²) < 4.78 is 1.01. The van der Waals surface area contributed by atoms with Crippen molar-refractivity contribution in [1.29, 1.82) is 0 Å². The van der Waals surface area contributed by atoms with Gasteiger partial charge in [-0.1, -0.05) is 28.1 Å². The summed E-state index contributed by atoms with van der Waals surface area (Å²) in [6.45, 7) is 5.99. The van der Waals surface area contributed by atoms with Gasteiger partial charge in [-0.15, -0.1) is 0 Å². The van der Waals surface area contributed by atoms with Crippen LogP contribution in [0.5, 0.6) is 0 Å². The van der Waals surface area contributed by atoms with E-state index in [2.05, 4.69) is 21.2 Å². The Kier molecular flexibility index (Phi) is 4.71. The van der Waals surface area contributed by atoms with Gasteiger partial charge in [-0.3, -0.25) is 4.79 Å². The predicted octanol–water partition coefficient (Wildman–Crippen LogP) is 2.61. The van der Waals surface area contributed by atoms with Crippen molar-refractivity contribution in [1.82, 2.24) is 5.32 Å². The average Bonchev–Trinajstić information content (AvgIpc) is 2.28. The topological polar surface area (TPSA) is 55.1 Å². The fraction of sp³-hybridized carbons (Fsp3) is 0.462. The highest BCUT2D eigenvalue weighted by Crippen LogP contribution is 2.20. The lowest BCUT2D eigenvalue weighted by molar-refractivity contribution is -0.129. The fourth-order valence-corrected chi connectivity index (χ4v) is 1.76. The van der Waals surface area contributed by atoms with Gasteiger partial charge >= 0.3 is 0 Å². The van der Waals surface area contributed by atoms with E-state index in [1.807, 2.05) is 45.0 Å². The van der Waals surface area contributed by atoms with Gasteiger partial charge in [0.15, 0.2) is 0 Å². The Labute approximate surface area is 111 Å². The Balaban J connectivity index is 2.73. The molecule has 3 N–H and O–H groups in total. The summed E-state index contributed by atoms with van der Waals surface area (Å²) in [4.78, 5) is 12.0. The van der Waals surface area contributed by atoms with Gasteiger partial charge in [0.2, 0.25) is 5.91 Å². The number of nitrogens with two attached hydrogens (primary N) is 1. The van der Waals surface area contributed by atoms with E-state index < -0.39 is 5.41 Å². The van der Waals surface area contributed by atoms with Crippen molar-refractivity contribution in [3.63, 3.8) is 0 Å². The number of benzene rings is 1. The summed E-state index contributed by atoms with van der Waals surface area (Å²) in [6.07, 6.45) is 0. The molecule has 4 heteroatoms. The SMILES string of the molecule is CC(NC(=O)C(C)(C)CN)c1cccc(Br)c1. The van der Waals surface area contributed by atoms with E-state index in [-0.39, 0.29) is 11.9 Å². The fourth-order valence-electron chi connectivity index (χ4n) is 1.34. The number of amides is 1. The lowest BCUT2D eigenvalue weighted by Gasteiger charge is -2.24. The van der Waals surface area contributed by atoms with Crippen LogP contribution < -0.4 is 11.1 Å². The highest BCUT2D eigenvalue weighted by atomic mass is 79.9. The molecule has 17 heavy (non-hydrogen) atoms. The van der Waals surface area contributed by atoms with E-state index in [0.717, 1.165) is 10.0 Å². The van der Waals surface area contributed by atoms with Crippen molar-refractivity contribution >= 4 is 21.8 Å². The van der Waals surface area contributed by atoms with Gasteiger partial charge in [0.05, 0.1) is 11.5 Å². The van der Waals surface area contributed by atoms with Crippen LogP contribution in [0.3, 0.4) is 0 Å². The summed E-state index contributed by atoms with van der Waals surface area (Å²) in [6, 6.07) is 7.88. The summed E-state index contributed by atoms with van der Waals surface area (Å²) in [5, 5.41) is 2.97. The van der Waals surface area contributed by atoms with Gasteiger partial charge in [0, 0.05) is 11.0 Å². The van der Waals surface area contributed by atoms with Crippen molar-refractivity contribution < 1.29 is 4.79 Å². The molecular formula is C13H19BrN2O. The van der Waals surface area contributed by atoms with Crippen LogP contribution >= 0.6 is 15.9 Å². The molecule has 1 unspecified atom stereocenters. The standard InChI is InChI=1S/C13H19BrN2O/c1-9(10-5-4-6-11(14)7-10)16-12(17)13(2,3)8-15/h4-7,9H,8,15H2,1-3H3,(H,16,17). The zero-order valence-corrected chi connectivity index (χ0v) is 12.0. The summed E-state index contributed by atoms with van der Waals surface area (Å²) in [5.41, 5.74) is 6.12. The van der Waals surface area contributed by atoms with Gasteiger partial charge < -0.3 is 11.1 Å². The van der Waals surface area contributed by atoms with E-state index in [1.54, 1.807) is 0 Å². The number of carbonyl (C=O) groups is 1. The Hall–Kier alpha value is -0.870. The van der Waals surface area contributed by atoms with Gasteiger partial charge in [-0.2, -0.15) is 0 Å². The van der Waals surface area contributed by atoms with Gasteiger partial charge in [0.25, 0.3) is 0 Å². The van der Waals surface area contributed by atoms with E-state index in [0.29, 0.717) is 6.54 Å². The zero-order chi connectivity index (χ0) is 13.1. The summed E-state index contributed by atoms with van der Waals surface area (Å²) in [7, 11) is 0. The molecule has 94 valence electrons. The molecule has 0 spiro atoms. The number of carbonyl (C=O) groups excluding carboxylic acids is 1. The van der Waals surface area contributed by atoms with Crippen molar-refractivity contribution in [2.75, 3.05) is 6.54 Å². The molecule has 0 saturated heterocycles. The number of rotatable bonds is 4. The first kappa shape index (κ1) is 14.2. The van der Waals surface area contributed by atoms with Crippen LogP contribution in [0.2, 0.25) is 0 Å². The van der Waals surface area contributed by atoms with Crippen molar-refractivity contribution in [2.24, 2.45) is 11.1 Å². The molecule has 0 radical (unpaired) electrons.